The van der Waals surface area contributed by atoms with Crippen molar-refractivity contribution in [1.29, 1.82) is 0 Å². The Kier molecular flexibility index (Phi) is 4.26. The van der Waals surface area contributed by atoms with Crippen LogP contribution in [0.25, 0.3) is 0 Å². The maximum absolute atomic E-state index is 5.99. The lowest BCUT2D eigenvalue weighted by Gasteiger charge is -2.36. The van der Waals surface area contributed by atoms with Gasteiger partial charge in [0.1, 0.15) is 0 Å². The van der Waals surface area contributed by atoms with E-state index in [9.17, 15) is 0 Å². The zero-order chi connectivity index (χ0) is 11.5. The third-order valence-electron chi connectivity index (χ3n) is 4.80. The minimum absolute atomic E-state index is 0.646. The van der Waals surface area contributed by atoms with Gasteiger partial charge in [-0.25, -0.2) is 0 Å². The van der Waals surface area contributed by atoms with Crippen LogP contribution >= 0.6 is 0 Å². The summed E-state index contributed by atoms with van der Waals surface area (Å²) in [6.45, 7) is 4.50. The Labute approximate surface area is 101 Å². The van der Waals surface area contributed by atoms with E-state index in [-0.39, 0.29) is 0 Å². The van der Waals surface area contributed by atoms with Crippen LogP contribution in [0.15, 0.2) is 0 Å². The summed E-state index contributed by atoms with van der Waals surface area (Å²) in [6, 6.07) is 0.646. The first-order valence-electron chi connectivity index (χ1n) is 7.12. The molecule has 0 saturated heterocycles. The summed E-state index contributed by atoms with van der Waals surface area (Å²) in [4.78, 5) is 2.56. The topological polar surface area (TPSA) is 29.3 Å². The molecular weight excluding hydrogens is 196 g/mol. The van der Waals surface area contributed by atoms with E-state index in [0.717, 1.165) is 24.3 Å². The molecule has 0 radical (unpaired) electrons. The van der Waals surface area contributed by atoms with Crippen LogP contribution in [0.4, 0.5) is 0 Å². The van der Waals surface area contributed by atoms with Crippen molar-refractivity contribution in [2.45, 2.75) is 51.5 Å². The SMILES string of the molecule is CC1CC1CN(C)C(CN)C1CCCCC1. The van der Waals surface area contributed by atoms with Gasteiger partial charge >= 0.3 is 0 Å². The van der Waals surface area contributed by atoms with Gasteiger partial charge in [-0.05, 0) is 44.1 Å². The zero-order valence-corrected chi connectivity index (χ0v) is 11.0. The molecule has 16 heavy (non-hydrogen) atoms. The van der Waals surface area contributed by atoms with Crippen LogP contribution in [0, 0.1) is 17.8 Å². The number of nitrogens with zero attached hydrogens (tertiary/aromatic N) is 1. The number of hydrogen-bond donors (Lipinski definition) is 1. The molecule has 0 aliphatic heterocycles. The van der Waals surface area contributed by atoms with E-state index in [1.165, 1.54) is 45.1 Å². The van der Waals surface area contributed by atoms with Gasteiger partial charge in [-0.15, -0.1) is 0 Å². The van der Waals surface area contributed by atoms with Gasteiger partial charge in [0.05, 0.1) is 0 Å². The second-order valence-corrected chi connectivity index (χ2v) is 6.11. The van der Waals surface area contributed by atoms with E-state index in [1.54, 1.807) is 0 Å². The van der Waals surface area contributed by atoms with Crippen molar-refractivity contribution in [3.63, 3.8) is 0 Å². The van der Waals surface area contributed by atoms with Crippen molar-refractivity contribution in [2.75, 3.05) is 20.1 Å². The molecule has 0 amide bonds. The van der Waals surface area contributed by atoms with Crippen LogP contribution in [-0.2, 0) is 0 Å². The number of nitrogens with two attached hydrogens (primary N) is 1. The van der Waals surface area contributed by atoms with Crippen molar-refractivity contribution in [3.05, 3.63) is 0 Å². The third kappa shape index (κ3) is 2.98. The minimum Gasteiger partial charge on any atom is -0.329 e. The summed E-state index contributed by atoms with van der Waals surface area (Å²) in [7, 11) is 2.29. The summed E-state index contributed by atoms with van der Waals surface area (Å²) >= 11 is 0. The average molecular weight is 224 g/mol. The fraction of sp³-hybridized carbons (Fsp3) is 1.00. The lowest BCUT2D eigenvalue weighted by Crippen LogP contribution is -2.45. The fourth-order valence-electron chi connectivity index (χ4n) is 3.41. The highest BCUT2D eigenvalue weighted by Crippen LogP contribution is 2.39. The minimum atomic E-state index is 0.646. The normalized spacial score (nSPS) is 33.0. The predicted molar refractivity (Wildman–Crippen MR) is 69.3 cm³/mol. The molecule has 0 bridgehead atoms. The molecule has 0 aromatic heterocycles. The molecule has 0 aromatic carbocycles. The summed E-state index contributed by atoms with van der Waals surface area (Å²) in [5, 5.41) is 0. The van der Waals surface area contributed by atoms with E-state index < -0.39 is 0 Å². The van der Waals surface area contributed by atoms with Crippen LogP contribution in [0.5, 0.6) is 0 Å². The van der Waals surface area contributed by atoms with Crippen LogP contribution in [0.1, 0.15) is 45.4 Å². The summed E-state index contributed by atoms with van der Waals surface area (Å²) in [5.41, 5.74) is 5.99. The molecular formula is C14H28N2. The predicted octanol–water partition coefficient (Wildman–Crippen LogP) is 2.48. The molecule has 0 heterocycles. The smallest absolute Gasteiger partial charge is 0.0243 e. The van der Waals surface area contributed by atoms with Gasteiger partial charge in [0, 0.05) is 19.1 Å². The highest BCUT2D eigenvalue weighted by atomic mass is 15.1. The molecule has 3 atom stereocenters. The lowest BCUT2D eigenvalue weighted by atomic mass is 9.83. The van der Waals surface area contributed by atoms with E-state index in [4.69, 9.17) is 5.73 Å². The molecule has 3 unspecified atom stereocenters. The molecule has 0 spiro atoms. The fourth-order valence-corrected chi connectivity index (χ4v) is 3.41. The first-order valence-corrected chi connectivity index (χ1v) is 7.12. The average Bonchev–Trinajstić information content (AvgIpc) is 2.96. The quantitative estimate of drug-likeness (QED) is 0.777. The van der Waals surface area contributed by atoms with Crippen LogP contribution in [0.3, 0.4) is 0 Å². The van der Waals surface area contributed by atoms with Gasteiger partial charge in [-0.3, -0.25) is 0 Å². The summed E-state index contributed by atoms with van der Waals surface area (Å²) in [6.07, 6.45) is 8.55. The largest absolute Gasteiger partial charge is 0.329 e. The number of likely N-dealkylation sites (N-methyl/N-ethyl adjacent to an activating group) is 1. The van der Waals surface area contributed by atoms with Crippen LogP contribution in [0.2, 0.25) is 0 Å². The highest BCUT2D eigenvalue weighted by Gasteiger charge is 2.35. The van der Waals surface area contributed by atoms with Crippen LogP contribution < -0.4 is 5.73 Å². The van der Waals surface area contributed by atoms with Crippen LogP contribution in [-0.4, -0.2) is 31.1 Å². The Hall–Kier alpha value is -0.0800. The number of hydrogen-bond acceptors (Lipinski definition) is 2. The standard InChI is InChI=1S/C14H28N2/c1-11-8-13(11)10-16(2)14(9-15)12-6-4-3-5-7-12/h11-14H,3-10,15H2,1-2H3. The van der Waals surface area contributed by atoms with Gasteiger partial charge in [0.25, 0.3) is 0 Å². The van der Waals surface area contributed by atoms with Crippen molar-refractivity contribution >= 4 is 0 Å². The Balaban J connectivity index is 1.82. The van der Waals surface area contributed by atoms with Gasteiger partial charge in [-0.1, -0.05) is 26.2 Å². The third-order valence-corrected chi connectivity index (χ3v) is 4.80. The molecule has 2 aliphatic rings. The molecule has 2 nitrogen and oxygen atoms in total. The lowest BCUT2D eigenvalue weighted by molar-refractivity contribution is 0.143. The van der Waals surface area contributed by atoms with Gasteiger partial charge < -0.3 is 10.6 Å². The highest BCUT2D eigenvalue weighted by molar-refractivity contribution is 4.88. The Bertz CT molecular complexity index is 211. The van der Waals surface area contributed by atoms with E-state index >= 15 is 0 Å². The molecule has 2 saturated carbocycles. The Morgan fingerprint density at radius 2 is 1.88 bits per heavy atom. The molecule has 2 fully saturated rings. The van der Waals surface area contributed by atoms with Gasteiger partial charge in [-0.2, -0.15) is 0 Å². The first kappa shape index (κ1) is 12.4. The molecule has 2 rings (SSSR count). The monoisotopic (exact) mass is 224 g/mol. The first-order chi connectivity index (χ1) is 7.72. The summed E-state index contributed by atoms with van der Waals surface area (Å²) < 4.78 is 0. The zero-order valence-electron chi connectivity index (χ0n) is 11.0. The van der Waals surface area contributed by atoms with Crippen molar-refractivity contribution in [1.82, 2.24) is 4.90 Å². The van der Waals surface area contributed by atoms with Crippen molar-refractivity contribution in [3.8, 4) is 0 Å². The molecule has 94 valence electrons. The molecule has 2 heteroatoms. The summed E-state index contributed by atoms with van der Waals surface area (Å²) in [5.74, 6) is 2.80. The molecule has 0 aromatic rings. The molecule has 2 aliphatic carbocycles. The second-order valence-electron chi connectivity index (χ2n) is 6.11. The van der Waals surface area contributed by atoms with E-state index in [0.29, 0.717) is 6.04 Å². The van der Waals surface area contributed by atoms with E-state index in [2.05, 4.69) is 18.9 Å². The Morgan fingerprint density at radius 1 is 1.25 bits per heavy atom. The maximum Gasteiger partial charge on any atom is 0.0243 e. The van der Waals surface area contributed by atoms with Gasteiger partial charge in [0.15, 0.2) is 0 Å². The van der Waals surface area contributed by atoms with E-state index in [1.807, 2.05) is 0 Å². The Morgan fingerprint density at radius 3 is 2.38 bits per heavy atom. The van der Waals surface area contributed by atoms with Crippen molar-refractivity contribution in [2.24, 2.45) is 23.5 Å². The second kappa shape index (κ2) is 5.50. The molecule has 2 N–H and O–H groups in total. The maximum atomic E-state index is 5.99. The van der Waals surface area contributed by atoms with Gasteiger partial charge in [0.2, 0.25) is 0 Å². The number of rotatable bonds is 5. The van der Waals surface area contributed by atoms with Crippen molar-refractivity contribution < 1.29 is 0 Å².